The fourth-order valence-electron chi connectivity index (χ4n) is 4.02. The molecule has 3 heterocycles. The van der Waals surface area contributed by atoms with E-state index < -0.39 is 0 Å². The third-order valence-corrected chi connectivity index (χ3v) is 5.47. The van der Waals surface area contributed by atoms with E-state index in [1.54, 1.807) is 6.26 Å². The van der Waals surface area contributed by atoms with E-state index in [9.17, 15) is 0 Å². The lowest BCUT2D eigenvalue weighted by atomic mass is 9.84. The predicted molar refractivity (Wildman–Crippen MR) is 104 cm³/mol. The van der Waals surface area contributed by atoms with Crippen LogP contribution in [0.5, 0.6) is 11.5 Å². The van der Waals surface area contributed by atoms with Crippen molar-refractivity contribution < 1.29 is 13.7 Å². The molecule has 0 saturated carbocycles. The van der Waals surface area contributed by atoms with Crippen LogP contribution in [0.25, 0.3) is 33.0 Å². The summed E-state index contributed by atoms with van der Waals surface area (Å²) in [5.74, 6) is 1.84. The van der Waals surface area contributed by atoms with Crippen molar-refractivity contribution in [3.05, 3.63) is 53.9 Å². The van der Waals surface area contributed by atoms with E-state index in [0.29, 0.717) is 0 Å². The van der Waals surface area contributed by atoms with Crippen LogP contribution in [0, 0.1) is 6.92 Å². The number of aromatic nitrogens is 1. The van der Waals surface area contributed by atoms with Crippen molar-refractivity contribution in [1.29, 1.82) is 0 Å². The third-order valence-electron chi connectivity index (χ3n) is 5.47. The molecule has 0 fully saturated rings. The van der Waals surface area contributed by atoms with Crippen molar-refractivity contribution in [2.24, 2.45) is 7.05 Å². The van der Waals surface area contributed by atoms with Crippen molar-refractivity contribution in [3.63, 3.8) is 0 Å². The summed E-state index contributed by atoms with van der Waals surface area (Å²) in [6.45, 7) is 8.82. The highest BCUT2D eigenvalue weighted by Crippen LogP contribution is 2.49. The van der Waals surface area contributed by atoms with Crippen molar-refractivity contribution in [2.45, 2.75) is 33.1 Å². The van der Waals surface area contributed by atoms with Crippen LogP contribution in [0.2, 0.25) is 0 Å². The number of benzene rings is 2. The lowest BCUT2D eigenvalue weighted by molar-refractivity contribution is -0.659. The standard InChI is InChI=1S/C23H22NO2/c1-13-19-17(11-15-7-9-25-22(13)15)26-18-12-16(23(2,3)4)10-14-6-8-24(5)21(19)20(14)18/h6-12H,1-5H3/q+1. The molecule has 1 aliphatic heterocycles. The minimum Gasteiger partial charge on any atom is -0.464 e. The fourth-order valence-corrected chi connectivity index (χ4v) is 4.02. The van der Waals surface area contributed by atoms with Gasteiger partial charge in [-0.2, -0.15) is 0 Å². The molecule has 3 heteroatoms. The molecule has 0 amide bonds. The molecule has 0 N–H and O–H groups in total. The molecule has 5 rings (SSSR count). The molecule has 0 aliphatic carbocycles. The van der Waals surface area contributed by atoms with Crippen molar-refractivity contribution in [3.8, 4) is 22.8 Å². The Morgan fingerprint density at radius 3 is 2.54 bits per heavy atom. The number of pyridine rings is 1. The fraction of sp³-hybridized carbons (Fsp3) is 0.261. The molecule has 4 aromatic rings. The number of nitrogens with zero attached hydrogens (tertiary/aromatic N) is 1. The van der Waals surface area contributed by atoms with Gasteiger partial charge >= 0.3 is 0 Å². The molecule has 130 valence electrons. The van der Waals surface area contributed by atoms with Gasteiger partial charge in [0.1, 0.15) is 24.1 Å². The summed E-state index contributed by atoms with van der Waals surface area (Å²) in [4.78, 5) is 0. The van der Waals surface area contributed by atoms with Gasteiger partial charge in [0.25, 0.3) is 0 Å². The van der Waals surface area contributed by atoms with Crippen LogP contribution in [-0.4, -0.2) is 0 Å². The first-order chi connectivity index (χ1) is 12.3. The van der Waals surface area contributed by atoms with E-state index in [1.165, 1.54) is 22.0 Å². The summed E-state index contributed by atoms with van der Waals surface area (Å²) < 4.78 is 14.4. The maximum atomic E-state index is 6.44. The quantitative estimate of drug-likeness (QED) is 0.332. The minimum atomic E-state index is 0.0664. The number of rotatable bonds is 0. The number of hydrogen-bond acceptors (Lipinski definition) is 2. The molecule has 26 heavy (non-hydrogen) atoms. The zero-order valence-corrected chi connectivity index (χ0v) is 15.8. The highest BCUT2D eigenvalue weighted by atomic mass is 16.5. The van der Waals surface area contributed by atoms with Gasteiger partial charge in [-0.25, -0.2) is 4.57 Å². The van der Waals surface area contributed by atoms with Gasteiger partial charge < -0.3 is 9.15 Å². The molecule has 3 nitrogen and oxygen atoms in total. The number of hydrogen-bond donors (Lipinski definition) is 0. The van der Waals surface area contributed by atoms with Gasteiger partial charge in [0.15, 0.2) is 6.20 Å². The van der Waals surface area contributed by atoms with E-state index in [-0.39, 0.29) is 5.41 Å². The average molecular weight is 344 g/mol. The number of fused-ring (bicyclic) bond motifs is 3. The van der Waals surface area contributed by atoms with Crippen LogP contribution in [-0.2, 0) is 12.5 Å². The van der Waals surface area contributed by atoms with Crippen LogP contribution >= 0.6 is 0 Å². The summed E-state index contributed by atoms with van der Waals surface area (Å²) >= 11 is 0. The minimum absolute atomic E-state index is 0.0664. The van der Waals surface area contributed by atoms with Gasteiger partial charge in [-0.05, 0) is 47.6 Å². The molecule has 0 atom stereocenters. The molecule has 0 bridgehead atoms. The van der Waals surface area contributed by atoms with Crippen molar-refractivity contribution >= 4 is 21.7 Å². The Hall–Kier alpha value is -2.81. The summed E-state index contributed by atoms with van der Waals surface area (Å²) in [5.41, 5.74) is 5.71. The van der Waals surface area contributed by atoms with Gasteiger partial charge in [-0.1, -0.05) is 20.8 Å². The Morgan fingerprint density at radius 1 is 0.962 bits per heavy atom. The Balaban J connectivity index is 1.94. The Bertz CT molecular complexity index is 1210. The number of aryl methyl sites for hydroxylation is 2. The summed E-state index contributed by atoms with van der Waals surface area (Å²) in [6.07, 6.45) is 3.88. The highest BCUT2D eigenvalue weighted by Gasteiger charge is 2.32. The van der Waals surface area contributed by atoms with E-state index in [2.05, 4.69) is 69.8 Å². The second kappa shape index (κ2) is 4.88. The van der Waals surface area contributed by atoms with Crippen LogP contribution in [0.3, 0.4) is 0 Å². The molecule has 0 spiro atoms. The smallest absolute Gasteiger partial charge is 0.228 e. The normalized spacial score (nSPS) is 13.1. The third kappa shape index (κ3) is 1.97. The van der Waals surface area contributed by atoms with Crippen LogP contribution in [0.15, 0.2) is 47.2 Å². The molecule has 1 aliphatic rings. The maximum Gasteiger partial charge on any atom is 0.228 e. The largest absolute Gasteiger partial charge is 0.464 e. The number of furan rings is 1. The zero-order chi connectivity index (χ0) is 18.2. The molecule has 0 unspecified atom stereocenters. The lowest BCUT2D eigenvalue weighted by Gasteiger charge is -2.25. The van der Waals surface area contributed by atoms with Crippen LogP contribution in [0.4, 0.5) is 0 Å². The van der Waals surface area contributed by atoms with E-state index in [1.807, 2.05) is 6.07 Å². The lowest BCUT2D eigenvalue weighted by Crippen LogP contribution is -2.32. The van der Waals surface area contributed by atoms with Crippen molar-refractivity contribution in [1.82, 2.24) is 0 Å². The molecule has 2 aromatic carbocycles. The molecular weight excluding hydrogens is 322 g/mol. The molecule has 0 radical (unpaired) electrons. The number of ether oxygens (including phenoxy) is 1. The van der Waals surface area contributed by atoms with Crippen LogP contribution in [0.1, 0.15) is 31.9 Å². The maximum absolute atomic E-state index is 6.44. The van der Waals surface area contributed by atoms with Gasteiger partial charge in [-0.3, -0.25) is 0 Å². The molecular formula is C23H22NO2+. The Kier molecular flexibility index (Phi) is 2.90. The average Bonchev–Trinajstić information content (AvgIpc) is 3.05. The van der Waals surface area contributed by atoms with E-state index in [4.69, 9.17) is 9.15 Å². The Labute approximate surface area is 152 Å². The van der Waals surface area contributed by atoms with Crippen LogP contribution < -0.4 is 9.30 Å². The van der Waals surface area contributed by atoms with E-state index >= 15 is 0 Å². The van der Waals surface area contributed by atoms with Gasteiger partial charge in [0, 0.05) is 17.0 Å². The summed E-state index contributed by atoms with van der Waals surface area (Å²) in [5, 5.41) is 3.46. The first kappa shape index (κ1) is 15.4. The predicted octanol–water partition coefficient (Wildman–Crippen LogP) is 5.79. The first-order valence-corrected chi connectivity index (χ1v) is 9.00. The topological polar surface area (TPSA) is 26.2 Å². The van der Waals surface area contributed by atoms with Gasteiger partial charge in [-0.15, -0.1) is 0 Å². The monoisotopic (exact) mass is 344 g/mol. The Morgan fingerprint density at radius 2 is 1.77 bits per heavy atom. The first-order valence-electron chi connectivity index (χ1n) is 9.00. The molecule has 2 aromatic heterocycles. The molecule has 0 saturated heterocycles. The second-order valence-corrected chi connectivity index (χ2v) is 8.28. The SMILES string of the molecule is Cc1c2c(cc3ccoc13)Oc1cc(C(C)(C)C)cc3cc[n+](C)c-2c13. The summed E-state index contributed by atoms with van der Waals surface area (Å²) in [6, 6.07) is 10.7. The van der Waals surface area contributed by atoms with E-state index in [0.717, 1.165) is 33.6 Å². The van der Waals surface area contributed by atoms with Gasteiger partial charge in [0.05, 0.1) is 17.2 Å². The summed E-state index contributed by atoms with van der Waals surface area (Å²) in [7, 11) is 2.09. The second-order valence-electron chi connectivity index (χ2n) is 8.28. The highest BCUT2D eigenvalue weighted by molar-refractivity contribution is 6.04. The van der Waals surface area contributed by atoms with Crippen molar-refractivity contribution in [2.75, 3.05) is 0 Å². The zero-order valence-electron chi connectivity index (χ0n) is 15.8. The van der Waals surface area contributed by atoms with Gasteiger partial charge in [0.2, 0.25) is 5.69 Å².